The summed E-state index contributed by atoms with van der Waals surface area (Å²) in [6.45, 7) is 1.89. The fraction of sp³-hybridized carbons (Fsp3) is 0.455. The molecule has 0 bridgehead atoms. The van der Waals surface area contributed by atoms with Gasteiger partial charge in [0, 0.05) is 24.2 Å². The standard InChI is InChI=1S/C11H15BrN2O3/c1-7(17-2)3-4-10(15)14-9-5-8(12)6-13-11(9)16/h5-7H,3-4H2,1-2H3,(H,13,16)(H,14,15). The molecule has 1 aromatic heterocycles. The Balaban J connectivity index is 2.56. The first-order valence-corrected chi connectivity index (χ1v) is 6.03. The maximum Gasteiger partial charge on any atom is 0.271 e. The van der Waals surface area contributed by atoms with Gasteiger partial charge in [0.25, 0.3) is 5.56 Å². The van der Waals surface area contributed by atoms with Crippen LogP contribution in [0.15, 0.2) is 21.5 Å². The maximum atomic E-state index is 11.6. The molecule has 6 heteroatoms. The van der Waals surface area contributed by atoms with Crippen molar-refractivity contribution < 1.29 is 9.53 Å². The van der Waals surface area contributed by atoms with E-state index in [1.54, 1.807) is 13.2 Å². The van der Waals surface area contributed by atoms with Gasteiger partial charge < -0.3 is 15.0 Å². The lowest BCUT2D eigenvalue weighted by atomic mass is 10.2. The van der Waals surface area contributed by atoms with E-state index in [9.17, 15) is 9.59 Å². The molecule has 1 atom stereocenters. The fourth-order valence-electron chi connectivity index (χ4n) is 1.22. The van der Waals surface area contributed by atoms with E-state index in [0.717, 1.165) is 0 Å². The van der Waals surface area contributed by atoms with Gasteiger partial charge in [-0.25, -0.2) is 0 Å². The van der Waals surface area contributed by atoms with E-state index in [1.807, 2.05) is 6.92 Å². The highest BCUT2D eigenvalue weighted by Gasteiger charge is 2.08. The molecule has 1 unspecified atom stereocenters. The summed E-state index contributed by atoms with van der Waals surface area (Å²) < 4.78 is 5.74. The minimum atomic E-state index is -0.318. The Morgan fingerprint density at radius 3 is 3.00 bits per heavy atom. The van der Waals surface area contributed by atoms with Gasteiger partial charge in [-0.2, -0.15) is 0 Å². The molecule has 94 valence electrons. The van der Waals surface area contributed by atoms with Crippen molar-refractivity contribution in [2.24, 2.45) is 0 Å². The average molecular weight is 303 g/mol. The first-order chi connectivity index (χ1) is 8.02. The summed E-state index contributed by atoms with van der Waals surface area (Å²) in [6, 6.07) is 1.57. The van der Waals surface area contributed by atoms with Gasteiger partial charge in [-0.15, -0.1) is 0 Å². The Morgan fingerprint density at radius 1 is 1.65 bits per heavy atom. The third kappa shape index (κ3) is 4.70. The molecule has 0 spiro atoms. The van der Waals surface area contributed by atoms with Crippen LogP contribution in [0.25, 0.3) is 0 Å². The van der Waals surface area contributed by atoms with Crippen LogP contribution >= 0.6 is 15.9 Å². The van der Waals surface area contributed by atoms with E-state index in [2.05, 4.69) is 26.2 Å². The number of aromatic nitrogens is 1. The van der Waals surface area contributed by atoms with Gasteiger partial charge in [-0.3, -0.25) is 9.59 Å². The zero-order chi connectivity index (χ0) is 12.8. The number of H-pyrrole nitrogens is 1. The highest BCUT2D eigenvalue weighted by Crippen LogP contribution is 2.10. The monoisotopic (exact) mass is 302 g/mol. The van der Waals surface area contributed by atoms with Gasteiger partial charge in [0.15, 0.2) is 0 Å². The van der Waals surface area contributed by atoms with Gasteiger partial charge in [-0.05, 0) is 35.3 Å². The minimum absolute atomic E-state index is 0.0292. The molecule has 1 amide bonds. The van der Waals surface area contributed by atoms with Gasteiger partial charge in [0.1, 0.15) is 5.69 Å². The van der Waals surface area contributed by atoms with Crippen molar-refractivity contribution in [3.05, 3.63) is 27.1 Å². The second-order valence-corrected chi connectivity index (χ2v) is 4.61. The molecule has 17 heavy (non-hydrogen) atoms. The van der Waals surface area contributed by atoms with Crippen molar-refractivity contribution in [2.45, 2.75) is 25.9 Å². The number of halogens is 1. The topological polar surface area (TPSA) is 71.2 Å². The Morgan fingerprint density at radius 2 is 2.35 bits per heavy atom. The lowest BCUT2D eigenvalue weighted by Gasteiger charge is -2.09. The van der Waals surface area contributed by atoms with Gasteiger partial charge in [-0.1, -0.05) is 0 Å². The van der Waals surface area contributed by atoms with Crippen LogP contribution in [0.3, 0.4) is 0 Å². The number of aromatic amines is 1. The van der Waals surface area contributed by atoms with E-state index in [-0.39, 0.29) is 23.3 Å². The highest BCUT2D eigenvalue weighted by atomic mass is 79.9. The van der Waals surface area contributed by atoms with Crippen LogP contribution < -0.4 is 10.9 Å². The molecule has 0 radical (unpaired) electrons. The molecule has 0 saturated carbocycles. The second kappa shape index (κ2) is 6.56. The largest absolute Gasteiger partial charge is 0.382 e. The number of rotatable bonds is 5. The van der Waals surface area contributed by atoms with Crippen LogP contribution in [-0.4, -0.2) is 24.1 Å². The normalized spacial score (nSPS) is 12.2. The van der Waals surface area contributed by atoms with Crippen LogP contribution in [-0.2, 0) is 9.53 Å². The number of hydrogen-bond donors (Lipinski definition) is 2. The minimum Gasteiger partial charge on any atom is -0.382 e. The molecule has 0 aliphatic rings. The number of methoxy groups -OCH3 is 1. The predicted molar refractivity (Wildman–Crippen MR) is 69.1 cm³/mol. The smallest absolute Gasteiger partial charge is 0.271 e. The molecule has 1 heterocycles. The van der Waals surface area contributed by atoms with Crippen LogP contribution in [0.2, 0.25) is 0 Å². The maximum absolute atomic E-state index is 11.6. The molecular formula is C11H15BrN2O3. The predicted octanol–water partition coefficient (Wildman–Crippen LogP) is 1.89. The number of carbonyl (C=O) groups is 1. The zero-order valence-corrected chi connectivity index (χ0v) is 11.3. The first kappa shape index (κ1) is 13.9. The number of amides is 1. The molecule has 2 N–H and O–H groups in total. The van der Waals surface area contributed by atoms with Crippen molar-refractivity contribution in [1.29, 1.82) is 0 Å². The Labute approximate surface area is 108 Å². The van der Waals surface area contributed by atoms with E-state index < -0.39 is 0 Å². The third-order valence-electron chi connectivity index (χ3n) is 2.32. The van der Waals surface area contributed by atoms with E-state index >= 15 is 0 Å². The van der Waals surface area contributed by atoms with Crippen LogP contribution in [0.5, 0.6) is 0 Å². The number of carbonyl (C=O) groups excluding carboxylic acids is 1. The molecule has 0 saturated heterocycles. The van der Waals surface area contributed by atoms with E-state index in [0.29, 0.717) is 17.3 Å². The Hall–Kier alpha value is -1.14. The summed E-state index contributed by atoms with van der Waals surface area (Å²) in [5.41, 5.74) is -0.0733. The highest BCUT2D eigenvalue weighted by molar-refractivity contribution is 9.10. The summed E-state index contributed by atoms with van der Waals surface area (Å²) in [4.78, 5) is 25.5. The summed E-state index contributed by atoms with van der Waals surface area (Å²) in [7, 11) is 1.60. The molecule has 0 aromatic carbocycles. The van der Waals surface area contributed by atoms with Crippen LogP contribution in [0.1, 0.15) is 19.8 Å². The van der Waals surface area contributed by atoms with Gasteiger partial charge in [0.05, 0.1) is 6.10 Å². The van der Waals surface area contributed by atoms with Crippen LogP contribution in [0, 0.1) is 0 Å². The lowest BCUT2D eigenvalue weighted by molar-refractivity contribution is -0.116. The van der Waals surface area contributed by atoms with Crippen molar-refractivity contribution in [1.82, 2.24) is 4.98 Å². The molecule has 0 aliphatic heterocycles. The average Bonchev–Trinajstić information content (AvgIpc) is 2.30. The van der Waals surface area contributed by atoms with E-state index in [1.165, 1.54) is 6.20 Å². The Bertz CT molecular complexity index is 445. The van der Waals surface area contributed by atoms with Gasteiger partial charge >= 0.3 is 0 Å². The molecule has 0 aliphatic carbocycles. The molecular weight excluding hydrogens is 288 g/mol. The lowest BCUT2D eigenvalue weighted by Crippen LogP contribution is -2.20. The SMILES string of the molecule is COC(C)CCC(=O)Nc1cc(Br)c[nH]c1=O. The quantitative estimate of drug-likeness (QED) is 0.872. The second-order valence-electron chi connectivity index (χ2n) is 3.69. The zero-order valence-electron chi connectivity index (χ0n) is 9.75. The first-order valence-electron chi connectivity index (χ1n) is 5.24. The summed E-state index contributed by atoms with van der Waals surface area (Å²) in [5.74, 6) is -0.197. The number of pyridine rings is 1. The summed E-state index contributed by atoms with van der Waals surface area (Å²) >= 11 is 3.22. The Kier molecular flexibility index (Phi) is 5.37. The molecule has 5 nitrogen and oxygen atoms in total. The number of hydrogen-bond acceptors (Lipinski definition) is 3. The van der Waals surface area contributed by atoms with Crippen LogP contribution in [0.4, 0.5) is 5.69 Å². The van der Waals surface area contributed by atoms with Crippen molar-refractivity contribution in [3.63, 3.8) is 0 Å². The number of ether oxygens (including phenoxy) is 1. The molecule has 1 rings (SSSR count). The molecule has 1 aromatic rings. The number of nitrogens with one attached hydrogen (secondary N) is 2. The number of anilines is 1. The van der Waals surface area contributed by atoms with Crippen molar-refractivity contribution >= 4 is 27.5 Å². The fourth-order valence-corrected chi connectivity index (χ4v) is 1.56. The summed E-state index contributed by atoms with van der Waals surface area (Å²) in [6.07, 6.45) is 2.49. The summed E-state index contributed by atoms with van der Waals surface area (Å²) in [5, 5.41) is 2.56. The van der Waals surface area contributed by atoms with Crippen molar-refractivity contribution in [2.75, 3.05) is 12.4 Å². The third-order valence-corrected chi connectivity index (χ3v) is 2.78. The van der Waals surface area contributed by atoms with E-state index in [4.69, 9.17) is 4.74 Å². The van der Waals surface area contributed by atoms with Crippen molar-refractivity contribution in [3.8, 4) is 0 Å². The van der Waals surface area contributed by atoms with Gasteiger partial charge in [0.2, 0.25) is 5.91 Å². The molecule has 0 fully saturated rings.